The smallest absolute Gasteiger partial charge is 0.275 e. The minimum atomic E-state index is -1.07. The van der Waals surface area contributed by atoms with Gasteiger partial charge in [0.05, 0.1) is 18.5 Å². The molecule has 1 aliphatic carbocycles. The second kappa shape index (κ2) is 7.45. The van der Waals surface area contributed by atoms with Crippen LogP contribution < -0.4 is 10.2 Å². The number of carbonyl (C=O) groups excluding carboxylic acids is 2. The summed E-state index contributed by atoms with van der Waals surface area (Å²) < 4.78 is 7.51. The van der Waals surface area contributed by atoms with Gasteiger partial charge in [0.15, 0.2) is 0 Å². The van der Waals surface area contributed by atoms with Crippen molar-refractivity contribution in [3.05, 3.63) is 66.1 Å². The van der Waals surface area contributed by atoms with Crippen molar-refractivity contribution in [1.82, 2.24) is 9.88 Å². The molecule has 2 aromatic heterocycles. The lowest BCUT2D eigenvalue weighted by Gasteiger charge is -2.44. The molecule has 0 saturated heterocycles. The molecule has 2 aliphatic rings. The number of aryl methyl sites for hydroxylation is 1. The van der Waals surface area contributed by atoms with E-state index in [1.54, 1.807) is 11.2 Å². The molecule has 3 heterocycles. The zero-order chi connectivity index (χ0) is 21.6. The lowest BCUT2D eigenvalue weighted by atomic mass is 9.93. The van der Waals surface area contributed by atoms with Crippen LogP contribution in [0.5, 0.6) is 0 Å². The van der Waals surface area contributed by atoms with Gasteiger partial charge in [-0.3, -0.25) is 14.5 Å². The van der Waals surface area contributed by atoms with Crippen LogP contribution in [-0.4, -0.2) is 28.0 Å². The van der Waals surface area contributed by atoms with Gasteiger partial charge >= 0.3 is 0 Å². The van der Waals surface area contributed by atoms with E-state index >= 15 is 0 Å². The Morgan fingerprint density at radius 2 is 1.77 bits per heavy atom. The van der Waals surface area contributed by atoms with Crippen LogP contribution >= 0.6 is 0 Å². The number of hydrogen-bond acceptors (Lipinski definition) is 3. The highest BCUT2D eigenvalue weighted by Crippen LogP contribution is 2.37. The maximum Gasteiger partial charge on any atom is 0.275 e. The van der Waals surface area contributed by atoms with Gasteiger partial charge in [-0.05, 0) is 63.1 Å². The summed E-state index contributed by atoms with van der Waals surface area (Å²) in [7, 11) is 0. The fourth-order valence-corrected chi connectivity index (χ4v) is 4.86. The second-order valence-corrected chi connectivity index (χ2v) is 8.87. The lowest BCUT2D eigenvalue weighted by Crippen LogP contribution is -2.65. The number of aromatic nitrogens is 1. The van der Waals surface area contributed by atoms with Crippen LogP contribution in [-0.2, 0) is 11.3 Å². The average Bonchev–Trinajstić information content (AvgIpc) is 3.50. The van der Waals surface area contributed by atoms with Crippen LogP contribution in [0.4, 0.5) is 5.69 Å². The zero-order valence-corrected chi connectivity index (χ0v) is 17.9. The number of fused-ring (bicyclic) bond motifs is 1. The van der Waals surface area contributed by atoms with E-state index in [0.29, 0.717) is 18.0 Å². The van der Waals surface area contributed by atoms with Crippen LogP contribution in [0.2, 0.25) is 0 Å². The molecule has 1 atom stereocenters. The lowest BCUT2D eigenvalue weighted by molar-refractivity contribution is -0.127. The summed E-state index contributed by atoms with van der Waals surface area (Å²) in [6, 6.07) is 15.4. The van der Waals surface area contributed by atoms with Crippen molar-refractivity contribution in [3.8, 4) is 11.5 Å². The minimum absolute atomic E-state index is 0.113. The fraction of sp³-hybridized carbons (Fsp3) is 0.360. The first-order valence-corrected chi connectivity index (χ1v) is 10.9. The summed E-state index contributed by atoms with van der Waals surface area (Å²) in [5.41, 5.74) is 2.12. The zero-order valence-electron chi connectivity index (χ0n) is 17.9. The van der Waals surface area contributed by atoms with Gasteiger partial charge in [0.1, 0.15) is 17.0 Å². The number of amides is 2. The summed E-state index contributed by atoms with van der Waals surface area (Å²) in [6.07, 6.45) is 5.86. The van der Waals surface area contributed by atoms with E-state index in [1.165, 1.54) is 0 Å². The third-order valence-corrected chi connectivity index (χ3v) is 6.61. The minimum Gasteiger partial charge on any atom is -0.463 e. The van der Waals surface area contributed by atoms with Crippen molar-refractivity contribution in [2.75, 3.05) is 4.90 Å². The Hall–Kier alpha value is -3.28. The molecule has 6 heteroatoms. The predicted octanol–water partition coefficient (Wildman–Crippen LogP) is 4.53. The summed E-state index contributed by atoms with van der Waals surface area (Å²) in [4.78, 5) is 29.1. The molecule has 3 aromatic rings. The molecule has 1 fully saturated rings. The maximum atomic E-state index is 13.7. The van der Waals surface area contributed by atoms with Crippen LogP contribution in [0, 0.1) is 6.92 Å². The van der Waals surface area contributed by atoms with Gasteiger partial charge < -0.3 is 14.3 Å². The van der Waals surface area contributed by atoms with Crippen molar-refractivity contribution in [1.29, 1.82) is 0 Å². The molecule has 0 unspecified atom stereocenters. The quantitative estimate of drug-likeness (QED) is 0.678. The van der Waals surface area contributed by atoms with E-state index in [-0.39, 0.29) is 17.9 Å². The highest BCUT2D eigenvalue weighted by Gasteiger charge is 2.49. The van der Waals surface area contributed by atoms with E-state index in [4.69, 9.17) is 4.42 Å². The van der Waals surface area contributed by atoms with Crippen LogP contribution in [0.1, 0.15) is 48.7 Å². The normalized spacial score (nSPS) is 21.4. The van der Waals surface area contributed by atoms with Crippen LogP contribution in [0.25, 0.3) is 11.5 Å². The third-order valence-electron chi connectivity index (χ3n) is 6.61. The number of nitrogens with one attached hydrogen (secondary N) is 1. The molecule has 1 saturated carbocycles. The average molecular weight is 418 g/mol. The second-order valence-electron chi connectivity index (χ2n) is 8.87. The van der Waals surface area contributed by atoms with Gasteiger partial charge in [0, 0.05) is 11.7 Å². The molecule has 160 valence electrons. The molecule has 0 radical (unpaired) electrons. The number of nitrogens with zero attached hydrogens (tertiary/aromatic N) is 2. The Morgan fingerprint density at radius 3 is 2.45 bits per heavy atom. The van der Waals surface area contributed by atoms with E-state index in [9.17, 15) is 9.59 Å². The van der Waals surface area contributed by atoms with Gasteiger partial charge in [-0.2, -0.15) is 0 Å². The molecule has 1 aromatic carbocycles. The largest absolute Gasteiger partial charge is 0.463 e. The molecule has 0 bridgehead atoms. The van der Waals surface area contributed by atoms with Gasteiger partial charge in [-0.25, -0.2) is 0 Å². The van der Waals surface area contributed by atoms with Crippen molar-refractivity contribution in [2.24, 2.45) is 0 Å². The van der Waals surface area contributed by atoms with Gasteiger partial charge in [0.2, 0.25) is 5.91 Å². The van der Waals surface area contributed by atoms with E-state index < -0.39 is 5.54 Å². The Balaban J connectivity index is 1.60. The van der Waals surface area contributed by atoms with Crippen molar-refractivity contribution in [2.45, 2.75) is 57.7 Å². The van der Waals surface area contributed by atoms with Gasteiger partial charge in [0.25, 0.3) is 5.91 Å². The Morgan fingerprint density at radius 1 is 1.06 bits per heavy atom. The summed E-state index contributed by atoms with van der Waals surface area (Å²) in [5, 5.41) is 3.23. The van der Waals surface area contributed by atoms with Crippen LogP contribution in [0.3, 0.4) is 0 Å². The molecule has 1 aliphatic heterocycles. The predicted molar refractivity (Wildman–Crippen MR) is 119 cm³/mol. The molecule has 6 nitrogen and oxygen atoms in total. The summed E-state index contributed by atoms with van der Waals surface area (Å²) in [6.45, 7) is 4.22. The first-order chi connectivity index (χ1) is 15.0. The topological polar surface area (TPSA) is 67.5 Å². The number of furan rings is 1. The van der Waals surface area contributed by atoms with Crippen LogP contribution in [0.15, 0.2) is 59.2 Å². The van der Waals surface area contributed by atoms with E-state index in [1.807, 2.05) is 66.9 Å². The Bertz CT molecular complexity index is 1110. The maximum absolute atomic E-state index is 13.7. The summed E-state index contributed by atoms with van der Waals surface area (Å²) in [5.74, 6) is 0.386. The number of anilines is 1. The first kappa shape index (κ1) is 19.7. The molecular formula is C25H27N3O3. The van der Waals surface area contributed by atoms with Crippen molar-refractivity contribution >= 4 is 17.5 Å². The van der Waals surface area contributed by atoms with E-state index in [0.717, 1.165) is 42.6 Å². The Kier molecular flexibility index (Phi) is 4.73. The third kappa shape index (κ3) is 3.26. The molecule has 5 rings (SSSR count). The molecular weight excluding hydrogens is 390 g/mol. The fourth-order valence-electron chi connectivity index (χ4n) is 4.86. The number of rotatable bonds is 4. The highest BCUT2D eigenvalue weighted by molar-refractivity contribution is 6.12. The molecule has 31 heavy (non-hydrogen) atoms. The van der Waals surface area contributed by atoms with Crippen molar-refractivity contribution in [3.63, 3.8) is 0 Å². The van der Waals surface area contributed by atoms with Crippen molar-refractivity contribution < 1.29 is 14.0 Å². The standard InChI is InChI=1S/C25H27N3O3/c1-17-9-11-19(12-10-17)28-23(29)21-14-13-20(22-8-5-15-31-22)27(21)16-25(28,2)24(30)26-18-6-3-4-7-18/h5,8-15,18H,3-4,6-7,16H2,1-2H3,(H,26,30)/t25-/m0/s1. The van der Waals surface area contributed by atoms with Gasteiger partial charge in [-0.1, -0.05) is 30.5 Å². The molecule has 0 spiro atoms. The number of benzene rings is 1. The van der Waals surface area contributed by atoms with Gasteiger partial charge in [-0.15, -0.1) is 0 Å². The Labute approximate surface area is 181 Å². The first-order valence-electron chi connectivity index (χ1n) is 10.9. The summed E-state index contributed by atoms with van der Waals surface area (Å²) >= 11 is 0. The SMILES string of the molecule is Cc1ccc(N2C(=O)c3ccc(-c4ccco4)n3C[C@@]2(C)C(=O)NC2CCCC2)cc1. The number of carbonyl (C=O) groups is 2. The highest BCUT2D eigenvalue weighted by atomic mass is 16.3. The number of hydrogen-bond donors (Lipinski definition) is 1. The monoisotopic (exact) mass is 417 g/mol. The molecule has 1 N–H and O–H groups in total. The molecule has 2 amide bonds. The van der Waals surface area contributed by atoms with E-state index in [2.05, 4.69) is 5.32 Å².